The molecule has 12 heteroatoms. The van der Waals surface area contributed by atoms with Crippen LogP contribution in [-0.4, -0.2) is 44.9 Å². The fourth-order valence-corrected chi connectivity index (χ4v) is 5.52. The molecule has 2 aliphatic heterocycles. The summed E-state index contributed by atoms with van der Waals surface area (Å²) in [6.07, 6.45) is 0. The van der Waals surface area contributed by atoms with E-state index in [1.807, 2.05) is 19.9 Å². The Labute approximate surface area is 199 Å². The third-order valence-corrected chi connectivity index (χ3v) is 7.16. The first-order valence-electron chi connectivity index (χ1n) is 9.97. The summed E-state index contributed by atoms with van der Waals surface area (Å²) in [5, 5.41) is 2.29. The fourth-order valence-electron chi connectivity index (χ4n) is 3.90. The lowest BCUT2D eigenvalue weighted by Gasteiger charge is -2.44. The third kappa shape index (κ3) is 4.53. The lowest BCUT2D eigenvalue weighted by molar-refractivity contribution is -0.165. The van der Waals surface area contributed by atoms with Gasteiger partial charge in [-0.1, -0.05) is 30.3 Å². The number of esters is 1. The number of nitrogens with two attached hydrogens (primary N) is 1. The van der Waals surface area contributed by atoms with Crippen LogP contribution in [0.4, 0.5) is 0 Å². The molecule has 0 saturated carbocycles. The molecule has 3 N–H and O–H groups in total. The van der Waals surface area contributed by atoms with E-state index in [1.54, 1.807) is 24.3 Å². The molecule has 2 fully saturated rings. The van der Waals surface area contributed by atoms with E-state index in [4.69, 9.17) is 19.3 Å². The van der Waals surface area contributed by atoms with Crippen molar-refractivity contribution in [2.24, 2.45) is 5.73 Å². The summed E-state index contributed by atoms with van der Waals surface area (Å²) in [5.74, 6) is -2.03. The highest BCUT2D eigenvalue weighted by Gasteiger charge is 2.64. The van der Waals surface area contributed by atoms with Gasteiger partial charge in [-0.25, -0.2) is 9.59 Å². The van der Waals surface area contributed by atoms with Crippen LogP contribution in [0.15, 0.2) is 44.0 Å². The molecule has 0 radical (unpaired) electrons. The highest BCUT2D eigenvalue weighted by Crippen LogP contribution is 2.51. The van der Waals surface area contributed by atoms with Gasteiger partial charge < -0.3 is 29.5 Å². The van der Waals surface area contributed by atoms with Crippen molar-refractivity contribution in [3.05, 3.63) is 58.0 Å². The van der Waals surface area contributed by atoms with Crippen LogP contribution in [-0.2, 0) is 25.7 Å². The van der Waals surface area contributed by atoms with Crippen molar-refractivity contribution in [1.29, 1.82) is 0 Å². The molecule has 3 heterocycles. The fraction of sp³-hybridized carbons (Fsp3) is 0.429. The maximum atomic E-state index is 12.8. The lowest BCUT2D eigenvalue weighted by Crippen LogP contribution is -2.71. The molecule has 1 aromatic heterocycles. The van der Waals surface area contributed by atoms with Gasteiger partial charge in [0.25, 0.3) is 0 Å². The average Bonchev–Trinajstić information content (AvgIpc) is 3.22. The van der Waals surface area contributed by atoms with Crippen LogP contribution in [0.3, 0.4) is 0 Å². The van der Waals surface area contributed by atoms with Gasteiger partial charge in [-0.2, -0.15) is 0 Å². The predicted molar refractivity (Wildman–Crippen MR) is 120 cm³/mol. The van der Waals surface area contributed by atoms with E-state index < -0.39 is 45.9 Å². The molecule has 4 rings (SSSR count). The molecule has 4 atom stereocenters. The Morgan fingerprint density at radius 3 is 2.52 bits per heavy atom. The number of halogens is 1. The topological polar surface area (TPSA) is 145 Å². The van der Waals surface area contributed by atoms with Gasteiger partial charge >= 0.3 is 11.8 Å². The number of benzene rings is 1. The van der Waals surface area contributed by atoms with Crippen LogP contribution in [0, 0.1) is 6.92 Å². The Balaban J connectivity index is 0.00000306. The number of carbonyl (C=O) groups is 3. The van der Waals surface area contributed by atoms with Gasteiger partial charge in [-0.05, 0) is 26.3 Å². The molecular formula is C21H24ClN3O7S. The van der Waals surface area contributed by atoms with Crippen molar-refractivity contribution in [3.63, 3.8) is 0 Å². The van der Waals surface area contributed by atoms with Gasteiger partial charge in [0.15, 0.2) is 18.1 Å². The number of aryl methyl sites for hydroxylation is 1. The van der Waals surface area contributed by atoms with E-state index in [2.05, 4.69) is 5.32 Å². The lowest BCUT2D eigenvalue weighted by atomic mass is 9.95. The van der Waals surface area contributed by atoms with Crippen LogP contribution in [0.1, 0.15) is 37.0 Å². The number of nitrogens with zero attached hydrogens (tertiary/aromatic N) is 1. The van der Waals surface area contributed by atoms with Crippen molar-refractivity contribution >= 4 is 42.0 Å². The minimum Gasteiger partial charge on any atom is -0.456 e. The van der Waals surface area contributed by atoms with Crippen LogP contribution >= 0.6 is 24.2 Å². The van der Waals surface area contributed by atoms with E-state index in [9.17, 15) is 19.2 Å². The third-order valence-electron chi connectivity index (χ3n) is 5.58. The quantitative estimate of drug-likeness (QED) is 0.444. The van der Waals surface area contributed by atoms with E-state index in [1.165, 1.54) is 23.6 Å². The van der Waals surface area contributed by atoms with E-state index in [-0.39, 0.29) is 36.4 Å². The van der Waals surface area contributed by atoms with Crippen molar-refractivity contribution in [1.82, 2.24) is 10.2 Å². The number of hydrogen-bond donors (Lipinski definition) is 2. The maximum absolute atomic E-state index is 12.8. The van der Waals surface area contributed by atoms with Crippen LogP contribution in [0.25, 0.3) is 0 Å². The van der Waals surface area contributed by atoms with Crippen molar-refractivity contribution in [2.45, 2.75) is 55.6 Å². The summed E-state index contributed by atoms with van der Waals surface area (Å²) in [6, 6.07) is 6.30. The first-order valence-corrected chi connectivity index (χ1v) is 10.8. The van der Waals surface area contributed by atoms with Crippen LogP contribution in [0.2, 0.25) is 0 Å². The molecule has 178 valence electrons. The van der Waals surface area contributed by atoms with E-state index in [0.29, 0.717) is 5.56 Å². The van der Waals surface area contributed by atoms with Crippen molar-refractivity contribution < 1.29 is 28.0 Å². The minimum atomic E-state index is -0.911. The summed E-state index contributed by atoms with van der Waals surface area (Å²) < 4.78 is 14.2. The molecule has 0 aliphatic carbocycles. The van der Waals surface area contributed by atoms with Gasteiger partial charge in [-0.15, -0.1) is 24.2 Å². The number of fused-ring (bicyclic) bond motifs is 1. The second kappa shape index (κ2) is 9.24. The number of rotatable bonds is 6. The predicted octanol–water partition coefficient (Wildman–Crippen LogP) is 1.25. The van der Waals surface area contributed by atoms with Gasteiger partial charge in [0.2, 0.25) is 11.8 Å². The Morgan fingerprint density at radius 2 is 1.91 bits per heavy atom. The van der Waals surface area contributed by atoms with Crippen LogP contribution < -0.4 is 16.9 Å². The summed E-state index contributed by atoms with van der Waals surface area (Å²) in [5.41, 5.74) is 6.66. The Bertz CT molecular complexity index is 1120. The molecular weight excluding hydrogens is 474 g/mol. The molecule has 33 heavy (non-hydrogen) atoms. The highest BCUT2D eigenvalue weighted by molar-refractivity contribution is 8.01. The summed E-state index contributed by atoms with van der Waals surface area (Å²) >= 11 is 1.40. The van der Waals surface area contributed by atoms with Gasteiger partial charge in [-0.3, -0.25) is 9.59 Å². The number of ether oxygens (including phenoxy) is 1. The molecule has 0 spiro atoms. The maximum Gasteiger partial charge on any atom is 0.519 e. The van der Waals surface area contributed by atoms with E-state index >= 15 is 0 Å². The summed E-state index contributed by atoms with van der Waals surface area (Å²) in [7, 11) is 0. The standard InChI is InChI=1S/C21H23N3O7S.ClH/c1-10-12(31-20(28)30-10)9-29-19(27)15-21(2,3)32-18-14(17(26)24(15)18)23-16(25)13(22)11-7-5-4-6-8-11;/h4-8,13-15,18H,9,22H2,1-3H3,(H,23,25);1H/t13-,14-,15+,18-;/m1./s1. The Hall–Kier alpha value is -2.76. The number of carbonyl (C=O) groups excluding carboxylic acids is 3. The second-order valence-electron chi connectivity index (χ2n) is 8.18. The zero-order valence-electron chi connectivity index (χ0n) is 18.1. The first kappa shape index (κ1) is 24.9. The SMILES string of the molecule is Cc1oc(=O)oc1COC(=O)[C@@H]1N2C(=O)[C@@H](NC(=O)[C@H](N)c3ccccc3)[C@H]2SC1(C)C.Cl. The first-order chi connectivity index (χ1) is 15.1. The molecule has 2 aliphatic rings. The van der Waals surface area contributed by atoms with Gasteiger partial charge in [0, 0.05) is 4.75 Å². The number of amides is 2. The number of hydrogen-bond acceptors (Lipinski definition) is 9. The molecule has 0 unspecified atom stereocenters. The molecule has 2 aromatic rings. The number of nitrogens with one attached hydrogen (secondary N) is 1. The molecule has 1 aromatic carbocycles. The number of thioether (sulfide) groups is 1. The second-order valence-corrected chi connectivity index (χ2v) is 9.95. The Morgan fingerprint density at radius 1 is 1.24 bits per heavy atom. The number of β-lactam (4-membered cyclic amide) rings is 1. The molecule has 2 saturated heterocycles. The van der Waals surface area contributed by atoms with Crippen molar-refractivity contribution in [2.75, 3.05) is 0 Å². The minimum absolute atomic E-state index is 0. The normalized spacial score (nSPS) is 23.7. The summed E-state index contributed by atoms with van der Waals surface area (Å²) in [4.78, 5) is 50.8. The largest absolute Gasteiger partial charge is 0.519 e. The van der Waals surface area contributed by atoms with E-state index in [0.717, 1.165) is 0 Å². The zero-order chi connectivity index (χ0) is 23.2. The summed E-state index contributed by atoms with van der Waals surface area (Å²) in [6.45, 7) is 4.89. The zero-order valence-corrected chi connectivity index (χ0v) is 19.7. The smallest absolute Gasteiger partial charge is 0.456 e. The molecule has 2 amide bonds. The highest BCUT2D eigenvalue weighted by atomic mass is 35.5. The van der Waals surface area contributed by atoms with Gasteiger partial charge in [0.05, 0.1) is 0 Å². The molecule has 10 nitrogen and oxygen atoms in total. The molecule has 0 bridgehead atoms. The average molecular weight is 498 g/mol. The van der Waals surface area contributed by atoms with Crippen molar-refractivity contribution in [3.8, 4) is 0 Å². The van der Waals surface area contributed by atoms with Crippen LogP contribution in [0.5, 0.6) is 0 Å². The monoisotopic (exact) mass is 497 g/mol. The Kier molecular flexibility index (Phi) is 6.96. The van der Waals surface area contributed by atoms with Gasteiger partial charge in [0.1, 0.15) is 23.5 Å².